The van der Waals surface area contributed by atoms with Crippen LogP contribution in [0.5, 0.6) is 11.8 Å². The second kappa shape index (κ2) is 17.2. The number of carbonyl (C=O) groups is 1. The van der Waals surface area contributed by atoms with E-state index < -0.39 is 0 Å². The molecule has 212 valence electrons. The molecule has 4 rings (SSSR count). The molecule has 0 amide bonds. The number of benzene rings is 2. The summed E-state index contributed by atoms with van der Waals surface area (Å²) in [7, 11) is 0. The molecule has 0 unspecified atom stereocenters. The SMILES string of the molecule is CC#CCOc1cc(/C(=N/OC(C)C)c2ccccc2)ncn1.CC#CCOc1cc(C(=O)c2ccccc2)ncn1. The maximum absolute atomic E-state index is 12.2. The van der Waals surface area contributed by atoms with Crippen LogP contribution in [0.25, 0.3) is 0 Å². The van der Waals surface area contributed by atoms with Crippen molar-refractivity contribution in [3.05, 3.63) is 108 Å². The second-order valence-electron chi connectivity index (χ2n) is 8.57. The third-order valence-electron chi connectivity index (χ3n) is 5.14. The molecular weight excluding hydrogens is 530 g/mol. The third-order valence-corrected chi connectivity index (χ3v) is 5.14. The number of hydrogen-bond donors (Lipinski definition) is 0. The van der Waals surface area contributed by atoms with Gasteiger partial charge in [-0.2, -0.15) is 0 Å². The molecule has 0 bridgehead atoms. The first-order chi connectivity index (χ1) is 20.5. The minimum absolute atomic E-state index is 0.0221. The van der Waals surface area contributed by atoms with E-state index in [1.165, 1.54) is 18.7 Å². The van der Waals surface area contributed by atoms with Crippen molar-refractivity contribution in [1.29, 1.82) is 0 Å². The fraction of sp³-hybridized carbons (Fsp3) is 0.212. The molecule has 2 heterocycles. The van der Waals surface area contributed by atoms with Crippen molar-refractivity contribution in [2.24, 2.45) is 5.16 Å². The van der Waals surface area contributed by atoms with Crippen LogP contribution < -0.4 is 9.47 Å². The molecule has 42 heavy (non-hydrogen) atoms. The first kappa shape index (κ1) is 31.0. The van der Waals surface area contributed by atoms with Crippen molar-refractivity contribution in [1.82, 2.24) is 19.9 Å². The summed E-state index contributed by atoms with van der Waals surface area (Å²) in [6.45, 7) is 7.86. The molecule has 0 spiro atoms. The van der Waals surface area contributed by atoms with Crippen LogP contribution in [-0.4, -0.2) is 50.7 Å². The summed E-state index contributed by atoms with van der Waals surface area (Å²) >= 11 is 0. The van der Waals surface area contributed by atoms with Crippen LogP contribution >= 0.6 is 0 Å². The highest BCUT2D eigenvalue weighted by atomic mass is 16.6. The van der Waals surface area contributed by atoms with Crippen LogP contribution in [0.2, 0.25) is 0 Å². The molecule has 0 aliphatic heterocycles. The van der Waals surface area contributed by atoms with Gasteiger partial charge in [-0.3, -0.25) is 4.79 Å². The average Bonchev–Trinajstić information content (AvgIpc) is 3.03. The van der Waals surface area contributed by atoms with Gasteiger partial charge in [0.25, 0.3) is 0 Å². The second-order valence-corrected chi connectivity index (χ2v) is 8.57. The lowest BCUT2D eigenvalue weighted by atomic mass is 10.1. The van der Waals surface area contributed by atoms with Crippen molar-refractivity contribution in [3.63, 3.8) is 0 Å². The average molecular weight is 562 g/mol. The third kappa shape index (κ3) is 10.2. The summed E-state index contributed by atoms with van der Waals surface area (Å²) in [5, 5.41) is 4.24. The molecule has 9 heteroatoms. The van der Waals surface area contributed by atoms with E-state index in [9.17, 15) is 4.79 Å². The molecule has 2 aromatic carbocycles. The van der Waals surface area contributed by atoms with Gasteiger partial charge in [0.15, 0.2) is 13.2 Å². The lowest BCUT2D eigenvalue weighted by Crippen LogP contribution is -2.10. The topological polar surface area (TPSA) is 109 Å². The largest absolute Gasteiger partial charge is 0.464 e. The number of oxime groups is 1. The monoisotopic (exact) mass is 561 g/mol. The van der Waals surface area contributed by atoms with Gasteiger partial charge < -0.3 is 14.3 Å². The number of aromatic nitrogens is 4. The Bertz CT molecular complexity index is 1580. The molecule has 0 N–H and O–H groups in total. The van der Waals surface area contributed by atoms with Crippen LogP contribution in [0.3, 0.4) is 0 Å². The Morgan fingerprint density at radius 3 is 1.76 bits per heavy atom. The molecular formula is C33H31N5O4. The van der Waals surface area contributed by atoms with E-state index in [0.717, 1.165) is 5.56 Å². The standard InChI is InChI=1S/C18H19N3O2.C15H12N2O2/c1-4-5-11-22-17-12-16(19-13-20-17)18(21-23-14(2)3)15-9-7-6-8-10-15;1-2-3-9-19-14-10-13(16-11-17-14)15(18)12-7-5-4-6-8-12/h6-10,12-14H,11H2,1-3H3;4-8,10-11H,9H2,1H3/b21-18+;. The molecule has 0 fully saturated rings. The zero-order valence-corrected chi connectivity index (χ0v) is 23.9. The normalized spacial score (nSPS) is 10.2. The van der Waals surface area contributed by atoms with Crippen molar-refractivity contribution in [2.75, 3.05) is 13.2 Å². The van der Waals surface area contributed by atoms with Crippen LogP contribution in [0.1, 0.15) is 55.0 Å². The highest BCUT2D eigenvalue weighted by molar-refractivity contribution is 6.11. The van der Waals surface area contributed by atoms with E-state index in [2.05, 4.69) is 48.8 Å². The van der Waals surface area contributed by atoms with Crippen LogP contribution in [-0.2, 0) is 4.84 Å². The summed E-state index contributed by atoms with van der Waals surface area (Å²) in [4.78, 5) is 33.8. The molecule has 0 saturated carbocycles. The number of carbonyl (C=O) groups excluding carboxylic acids is 1. The lowest BCUT2D eigenvalue weighted by Gasteiger charge is -2.09. The number of hydrogen-bond acceptors (Lipinski definition) is 9. The van der Waals surface area contributed by atoms with E-state index in [-0.39, 0.29) is 25.1 Å². The van der Waals surface area contributed by atoms with E-state index >= 15 is 0 Å². The Hall–Kier alpha value is -5.54. The van der Waals surface area contributed by atoms with Gasteiger partial charge in [0.2, 0.25) is 17.5 Å². The lowest BCUT2D eigenvalue weighted by molar-refractivity contribution is 0.0862. The van der Waals surface area contributed by atoms with Gasteiger partial charge in [-0.15, -0.1) is 11.8 Å². The number of rotatable bonds is 10. The van der Waals surface area contributed by atoms with Gasteiger partial charge >= 0.3 is 0 Å². The summed E-state index contributed by atoms with van der Waals surface area (Å²) in [6.07, 6.45) is 2.73. The molecule has 0 atom stereocenters. The Morgan fingerprint density at radius 2 is 1.24 bits per heavy atom. The van der Waals surface area contributed by atoms with Gasteiger partial charge in [-0.05, 0) is 27.7 Å². The minimum atomic E-state index is -0.158. The van der Waals surface area contributed by atoms with E-state index in [0.29, 0.717) is 34.4 Å². The van der Waals surface area contributed by atoms with E-state index in [1.54, 1.807) is 32.0 Å². The predicted octanol–water partition coefficient (Wildman–Crippen LogP) is 5.17. The molecule has 2 aromatic heterocycles. The smallest absolute Gasteiger partial charge is 0.218 e. The molecule has 4 aromatic rings. The Morgan fingerprint density at radius 1 is 0.738 bits per heavy atom. The Labute approximate surface area is 246 Å². The van der Waals surface area contributed by atoms with Gasteiger partial charge in [-0.1, -0.05) is 77.7 Å². The Kier molecular flexibility index (Phi) is 12.7. The predicted molar refractivity (Wildman–Crippen MR) is 160 cm³/mol. The van der Waals surface area contributed by atoms with Gasteiger partial charge in [0.1, 0.15) is 30.2 Å². The van der Waals surface area contributed by atoms with Crippen molar-refractivity contribution < 1.29 is 19.1 Å². The number of ether oxygens (including phenoxy) is 2. The molecule has 0 saturated heterocycles. The summed E-state index contributed by atoms with van der Waals surface area (Å²) in [6, 6.07) is 21.9. The van der Waals surface area contributed by atoms with Gasteiger partial charge in [-0.25, -0.2) is 19.9 Å². The highest BCUT2D eigenvalue weighted by Gasteiger charge is 2.13. The molecule has 0 aliphatic carbocycles. The fourth-order valence-electron chi connectivity index (χ4n) is 3.19. The van der Waals surface area contributed by atoms with Crippen molar-refractivity contribution >= 4 is 11.5 Å². The van der Waals surface area contributed by atoms with Gasteiger partial charge in [0.05, 0.1) is 5.69 Å². The van der Waals surface area contributed by atoms with E-state index in [4.69, 9.17) is 14.3 Å². The van der Waals surface area contributed by atoms with E-state index in [1.807, 2.05) is 62.4 Å². The number of nitrogens with zero attached hydrogens (tertiary/aromatic N) is 5. The zero-order valence-electron chi connectivity index (χ0n) is 23.9. The summed E-state index contributed by atoms with van der Waals surface area (Å²) in [5.41, 5.74) is 3.06. The maximum atomic E-state index is 12.2. The first-order valence-corrected chi connectivity index (χ1v) is 13.1. The van der Waals surface area contributed by atoms with Gasteiger partial charge in [0, 0.05) is 23.3 Å². The van der Waals surface area contributed by atoms with Crippen molar-refractivity contribution in [3.8, 4) is 35.4 Å². The highest BCUT2D eigenvalue weighted by Crippen LogP contribution is 2.14. The maximum Gasteiger partial charge on any atom is 0.218 e. The summed E-state index contributed by atoms with van der Waals surface area (Å²) < 4.78 is 10.8. The first-order valence-electron chi connectivity index (χ1n) is 13.1. The number of ketones is 1. The Balaban J connectivity index is 0.000000235. The summed E-state index contributed by atoms with van der Waals surface area (Å²) in [5.74, 6) is 11.7. The quantitative estimate of drug-likeness (QED) is 0.113. The fourth-order valence-corrected chi connectivity index (χ4v) is 3.19. The molecule has 0 radical (unpaired) electrons. The molecule has 0 aliphatic rings. The molecule has 9 nitrogen and oxygen atoms in total. The van der Waals surface area contributed by atoms with Crippen LogP contribution in [0.15, 0.2) is 90.6 Å². The minimum Gasteiger partial charge on any atom is -0.464 e. The van der Waals surface area contributed by atoms with Crippen LogP contribution in [0, 0.1) is 23.7 Å². The zero-order chi connectivity index (χ0) is 30.0. The van der Waals surface area contributed by atoms with Crippen molar-refractivity contribution in [2.45, 2.75) is 33.8 Å². The van der Waals surface area contributed by atoms with Crippen LogP contribution in [0.4, 0.5) is 0 Å².